The summed E-state index contributed by atoms with van der Waals surface area (Å²) in [6, 6.07) is 0. The van der Waals surface area contributed by atoms with E-state index in [4.69, 9.17) is 0 Å². The fraction of sp³-hybridized carbons (Fsp3) is 0.933. The summed E-state index contributed by atoms with van der Waals surface area (Å²) in [4.78, 5) is 0. The summed E-state index contributed by atoms with van der Waals surface area (Å²) >= 11 is 0. The number of fused-ring (bicyclic) bond motifs is 7. The second-order valence-electron chi connectivity index (χ2n) is 15.2. The molecule has 5 aliphatic carbocycles. The lowest BCUT2D eigenvalue weighted by Crippen LogP contribution is -2.68. The monoisotopic (exact) mass is 426 g/mol. The molecule has 8 atom stereocenters. The second kappa shape index (κ2) is 6.43. The van der Waals surface area contributed by atoms with Gasteiger partial charge in [-0.15, -0.1) is 0 Å². The normalized spacial score (nSPS) is 55.2. The van der Waals surface area contributed by atoms with E-state index in [0.717, 1.165) is 11.8 Å². The lowest BCUT2D eigenvalue weighted by molar-refractivity contribution is -0.260. The minimum absolute atomic E-state index is 0.0548. The Morgan fingerprint density at radius 3 is 2.13 bits per heavy atom. The first-order valence-corrected chi connectivity index (χ1v) is 13.6. The minimum atomic E-state index is -0.163. The van der Waals surface area contributed by atoms with E-state index in [2.05, 4.69) is 61.5 Å². The largest absolute Gasteiger partial charge is 0.392 e. The van der Waals surface area contributed by atoms with Crippen LogP contribution >= 0.6 is 0 Å². The van der Waals surface area contributed by atoms with Crippen molar-refractivity contribution >= 4 is 0 Å². The van der Waals surface area contributed by atoms with Crippen molar-refractivity contribution in [3.63, 3.8) is 0 Å². The summed E-state index contributed by atoms with van der Waals surface area (Å²) in [5.41, 5.74) is 3.60. The van der Waals surface area contributed by atoms with Crippen molar-refractivity contribution in [2.24, 2.45) is 50.2 Å². The van der Waals surface area contributed by atoms with Gasteiger partial charge < -0.3 is 5.11 Å². The molecule has 0 bridgehead atoms. The van der Waals surface area contributed by atoms with E-state index < -0.39 is 0 Å². The van der Waals surface area contributed by atoms with E-state index in [1.165, 1.54) is 64.2 Å². The molecule has 0 heterocycles. The Kier molecular flexibility index (Phi) is 4.66. The number of aliphatic hydroxyl groups is 1. The van der Waals surface area contributed by atoms with Gasteiger partial charge in [0, 0.05) is 0 Å². The Balaban J connectivity index is 1.59. The molecule has 5 rings (SSSR count). The number of aliphatic hydroxyl groups excluding tert-OH is 1. The van der Waals surface area contributed by atoms with Gasteiger partial charge in [0.2, 0.25) is 0 Å². The maximum atomic E-state index is 11.8. The summed E-state index contributed by atoms with van der Waals surface area (Å²) in [6.07, 6.45) is 15.9. The zero-order valence-corrected chi connectivity index (χ0v) is 21.9. The topological polar surface area (TPSA) is 20.2 Å². The molecule has 0 spiro atoms. The zero-order valence-electron chi connectivity index (χ0n) is 21.9. The molecule has 0 saturated heterocycles. The standard InChI is InChI=1S/C30H50O/c1-25(2)13-9-10-21-20(25)11-12-22-28(21,6)17-19-30(8)23-24(31)26(3,4)14-15-27(23,5)16-18-29(22,30)7/h11,21-24,31H,9-10,12-19H2,1-8H3/t21-,22+,23-,24+,27-,28+,29-,30+/m1/s1. The highest BCUT2D eigenvalue weighted by Crippen LogP contribution is 2.77. The maximum Gasteiger partial charge on any atom is 0.0629 e. The van der Waals surface area contributed by atoms with E-state index in [1.807, 2.05) is 5.57 Å². The summed E-state index contributed by atoms with van der Waals surface area (Å²) in [5, 5.41) is 11.8. The SMILES string of the molecule is CC1(C)CCC[C@@H]2C1=CC[C@H]1[C@@]2(C)CC[C@@]2(C)[C@@H]3[C@H](O)C(C)(C)CC[C@]3(C)CC[C@]12C. The Labute approximate surface area is 192 Å². The predicted molar refractivity (Wildman–Crippen MR) is 131 cm³/mol. The van der Waals surface area contributed by atoms with E-state index in [0.29, 0.717) is 27.6 Å². The first-order chi connectivity index (χ1) is 14.2. The van der Waals surface area contributed by atoms with E-state index >= 15 is 0 Å². The van der Waals surface area contributed by atoms with Crippen LogP contribution in [0.15, 0.2) is 11.6 Å². The van der Waals surface area contributed by atoms with Gasteiger partial charge in [0.15, 0.2) is 0 Å². The molecule has 0 aromatic heterocycles. The first kappa shape index (κ1) is 22.5. The maximum absolute atomic E-state index is 11.8. The lowest BCUT2D eigenvalue weighted by Gasteiger charge is -2.74. The third kappa shape index (κ3) is 2.71. The third-order valence-corrected chi connectivity index (χ3v) is 13.0. The molecule has 176 valence electrons. The average Bonchev–Trinajstić information content (AvgIpc) is 2.67. The Bertz CT molecular complexity index is 790. The molecule has 0 radical (unpaired) electrons. The van der Waals surface area contributed by atoms with Crippen LogP contribution in [0.1, 0.15) is 120 Å². The van der Waals surface area contributed by atoms with Crippen molar-refractivity contribution in [3.05, 3.63) is 11.6 Å². The van der Waals surface area contributed by atoms with Crippen LogP contribution in [-0.2, 0) is 0 Å². The van der Waals surface area contributed by atoms with Crippen LogP contribution < -0.4 is 0 Å². The van der Waals surface area contributed by atoms with Gasteiger partial charge in [-0.05, 0) is 108 Å². The highest BCUT2D eigenvalue weighted by Gasteiger charge is 2.70. The van der Waals surface area contributed by atoms with Gasteiger partial charge in [0.25, 0.3) is 0 Å². The zero-order chi connectivity index (χ0) is 22.7. The molecule has 4 saturated carbocycles. The molecule has 0 amide bonds. The molecule has 1 nitrogen and oxygen atoms in total. The first-order valence-electron chi connectivity index (χ1n) is 13.6. The molecule has 0 unspecified atom stereocenters. The minimum Gasteiger partial charge on any atom is -0.392 e. The predicted octanol–water partition coefficient (Wildman–Crippen LogP) is 8.17. The molecule has 4 fully saturated rings. The van der Waals surface area contributed by atoms with Crippen LogP contribution in [0.3, 0.4) is 0 Å². The van der Waals surface area contributed by atoms with Crippen molar-refractivity contribution < 1.29 is 5.11 Å². The molecule has 0 aromatic rings. The Morgan fingerprint density at radius 2 is 1.42 bits per heavy atom. The summed E-state index contributed by atoms with van der Waals surface area (Å²) < 4.78 is 0. The van der Waals surface area contributed by atoms with Crippen molar-refractivity contribution in [3.8, 4) is 0 Å². The van der Waals surface area contributed by atoms with Gasteiger partial charge in [-0.25, -0.2) is 0 Å². The van der Waals surface area contributed by atoms with Gasteiger partial charge in [0.1, 0.15) is 0 Å². The molecular weight excluding hydrogens is 376 g/mol. The fourth-order valence-corrected chi connectivity index (χ4v) is 10.6. The van der Waals surface area contributed by atoms with E-state index in [9.17, 15) is 5.11 Å². The van der Waals surface area contributed by atoms with Gasteiger partial charge in [-0.1, -0.05) is 73.5 Å². The molecule has 5 aliphatic rings. The fourth-order valence-electron chi connectivity index (χ4n) is 10.6. The molecule has 1 N–H and O–H groups in total. The van der Waals surface area contributed by atoms with Crippen molar-refractivity contribution in [2.75, 3.05) is 0 Å². The molecule has 1 heteroatoms. The van der Waals surface area contributed by atoms with Crippen LogP contribution in [0.2, 0.25) is 0 Å². The third-order valence-electron chi connectivity index (χ3n) is 13.0. The highest BCUT2D eigenvalue weighted by molar-refractivity contribution is 5.29. The summed E-state index contributed by atoms with van der Waals surface area (Å²) in [6.45, 7) is 20.2. The van der Waals surface area contributed by atoms with Crippen LogP contribution in [0, 0.1) is 50.2 Å². The van der Waals surface area contributed by atoms with Crippen LogP contribution in [0.25, 0.3) is 0 Å². The van der Waals surface area contributed by atoms with Crippen LogP contribution in [0.5, 0.6) is 0 Å². The van der Waals surface area contributed by atoms with E-state index in [1.54, 1.807) is 0 Å². The van der Waals surface area contributed by atoms with Gasteiger partial charge in [0.05, 0.1) is 6.10 Å². The number of rotatable bonds is 0. The molecule has 0 aliphatic heterocycles. The molecule has 0 aromatic carbocycles. The average molecular weight is 427 g/mol. The number of allylic oxidation sites excluding steroid dienone is 2. The Hall–Kier alpha value is -0.300. The number of hydrogen-bond donors (Lipinski definition) is 1. The van der Waals surface area contributed by atoms with Crippen LogP contribution in [-0.4, -0.2) is 11.2 Å². The van der Waals surface area contributed by atoms with Crippen molar-refractivity contribution in [1.82, 2.24) is 0 Å². The summed E-state index contributed by atoms with van der Waals surface area (Å²) in [5.74, 6) is 2.00. The smallest absolute Gasteiger partial charge is 0.0629 e. The molecular formula is C30H50O. The quantitative estimate of drug-likeness (QED) is 0.387. The highest BCUT2D eigenvalue weighted by atomic mass is 16.3. The van der Waals surface area contributed by atoms with Crippen molar-refractivity contribution in [1.29, 1.82) is 0 Å². The molecule has 31 heavy (non-hydrogen) atoms. The van der Waals surface area contributed by atoms with Gasteiger partial charge >= 0.3 is 0 Å². The van der Waals surface area contributed by atoms with Gasteiger partial charge in [-0.3, -0.25) is 0 Å². The Morgan fingerprint density at radius 1 is 0.774 bits per heavy atom. The van der Waals surface area contributed by atoms with Crippen molar-refractivity contribution in [2.45, 2.75) is 126 Å². The number of hydrogen-bond acceptors (Lipinski definition) is 1. The second-order valence-corrected chi connectivity index (χ2v) is 15.2. The lowest BCUT2D eigenvalue weighted by atomic mass is 9.31. The van der Waals surface area contributed by atoms with Crippen LogP contribution in [0.4, 0.5) is 0 Å². The summed E-state index contributed by atoms with van der Waals surface area (Å²) in [7, 11) is 0. The van der Waals surface area contributed by atoms with E-state index in [-0.39, 0.29) is 16.9 Å². The van der Waals surface area contributed by atoms with Gasteiger partial charge in [-0.2, -0.15) is 0 Å².